The molecule has 0 saturated heterocycles. The van der Waals surface area contributed by atoms with E-state index in [1.165, 1.54) is 0 Å². The van der Waals surface area contributed by atoms with Crippen LogP contribution in [0.4, 0.5) is 11.4 Å². The van der Waals surface area contributed by atoms with E-state index in [1.54, 1.807) is 54.6 Å². The molecule has 0 spiro atoms. The van der Waals surface area contributed by atoms with Crippen molar-refractivity contribution in [1.82, 2.24) is 0 Å². The Balaban J connectivity index is 2.03. The SMILES string of the molecule is CCCCOC(=O)c1ccccc1NC(=O)C(=O)Nc1ccccc1. The predicted molar refractivity (Wildman–Crippen MR) is 95.3 cm³/mol. The van der Waals surface area contributed by atoms with Crippen LogP contribution in [-0.2, 0) is 14.3 Å². The van der Waals surface area contributed by atoms with Crippen LogP contribution < -0.4 is 10.6 Å². The first-order valence-electron chi connectivity index (χ1n) is 8.05. The van der Waals surface area contributed by atoms with E-state index < -0.39 is 17.8 Å². The summed E-state index contributed by atoms with van der Waals surface area (Å²) in [6, 6.07) is 15.0. The maximum atomic E-state index is 12.1. The molecule has 2 amide bonds. The first-order valence-corrected chi connectivity index (χ1v) is 8.05. The molecule has 0 saturated carbocycles. The molecule has 0 radical (unpaired) electrons. The maximum absolute atomic E-state index is 12.1. The number of nitrogens with one attached hydrogen (secondary N) is 2. The average Bonchev–Trinajstić information content (AvgIpc) is 2.63. The Kier molecular flexibility index (Phi) is 6.71. The minimum atomic E-state index is -0.863. The maximum Gasteiger partial charge on any atom is 0.340 e. The third-order valence-electron chi connectivity index (χ3n) is 3.36. The number of rotatable bonds is 6. The fourth-order valence-corrected chi connectivity index (χ4v) is 2.05. The summed E-state index contributed by atoms with van der Waals surface area (Å²) < 4.78 is 5.16. The van der Waals surface area contributed by atoms with E-state index in [1.807, 2.05) is 6.92 Å². The van der Waals surface area contributed by atoms with Gasteiger partial charge in [-0.05, 0) is 30.7 Å². The topological polar surface area (TPSA) is 84.5 Å². The van der Waals surface area contributed by atoms with Crippen molar-refractivity contribution >= 4 is 29.2 Å². The predicted octanol–water partition coefficient (Wildman–Crippen LogP) is 3.22. The minimum absolute atomic E-state index is 0.208. The highest BCUT2D eigenvalue weighted by molar-refractivity contribution is 6.43. The second kappa shape index (κ2) is 9.22. The molecule has 0 bridgehead atoms. The van der Waals surface area contributed by atoms with Gasteiger partial charge in [-0.1, -0.05) is 43.7 Å². The number of benzene rings is 2. The molecule has 25 heavy (non-hydrogen) atoms. The van der Waals surface area contributed by atoms with Crippen LogP contribution in [0, 0.1) is 0 Å². The van der Waals surface area contributed by atoms with Crippen LogP contribution in [-0.4, -0.2) is 24.4 Å². The van der Waals surface area contributed by atoms with Gasteiger partial charge in [-0.25, -0.2) is 4.79 Å². The highest BCUT2D eigenvalue weighted by Gasteiger charge is 2.18. The third-order valence-corrected chi connectivity index (χ3v) is 3.36. The van der Waals surface area contributed by atoms with Gasteiger partial charge in [0, 0.05) is 5.69 Å². The molecule has 0 atom stereocenters. The van der Waals surface area contributed by atoms with E-state index >= 15 is 0 Å². The lowest BCUT2D eigenvalue weighted by atomic mass is 10.1. The number of amides is 2. The van der Waals surface area contributed by atoms with Gasteiger partial charge < -0.3 is 15.4 Å². The number of hydrogen-bond donors (Lipinski definition) is 2. The van der Waals surface area contributed by atoms with E-state index in [-0.39, 0.29) is 11.3 Å². The molecule has 130 valence electrons. The molecule has 0 heterocycles. The largest absolute Gasteiger partial charge is 0.462 e. The molecule has 2 aromatic rings. The van der Waals surface area contributed by atoms with Gasteiger partial charge in [0.1, 0.15) is 0 Å². The van der Waals surface area contributed by atoms with Crippen molar-refractivity contribution in [3.8, 4) is 0 Å². The number of ether oxygens (including phenoxy) is 1. The highest BCUT2D eigenvalue weighted by atomic mass is 16.5. The Hall–Kier alpha value is -3.15. The van der Waals surface area contributed by atoms with E-state index in [2.05, 4.69) is 10.6 Å². The molecule has 0 aliphatic rings. The van der Waals surface area contributed by atoms with Gasteiger partial charge in [-0.2, -0.15) is 0 Å². The van der Waals surface area contributed by atoms with E-state index in [9.17, 15) is 14.4 Å². The van der Waals surface area contributed by atoms with Crippen molar-refractivity contribution in [2.45, 2.75) is 19.8 Å². The van der Waals surface area contributed by atoms with Crippen LogP contribution in [0.15, 0.2) is 54.6 Å². The molecule has 0 aliphatic carbocycles. The standard InChI is InChI=1S/C19H20N2O4/c1-2-3-13-25-19(24)15-11-7-8-12-16(15)21-18(23)17(22)20-14-9-5-4-6-10-14/h4-12H,2-3,13H2,1H3,(H,20,22)(H,21,23). The Morgan fingerprint density at radius 3 is 2.24 bits per heavy atom. The summed E-state index contributed by atoms with van der Waals surface area (Å²) in [5.41, 5.74) is 0.951. The number of para-hydroxylation sites is 2. The highest BCUT2D eigenvalue weighted by Crippen LogP contribution is 2.16. The van der Waals surface area contributed by atoms with Crippen molar-refractivity contribution in [1.29, 1.82) is 0 Å². The number of carbonyl (C=O) groups excluding carboxylic acids is 3. The quantitative estimate of drug-likeness (QED) is 0.480. The molecule has 6 heteroatoms. The number of carbonyl (C=O) groups is 3. The second-order valence-electron chi connectivity index (χ2n) is 5.31. The van der Waals surface area contributed by atoms with Crippen LogP contribution in [0.3, 0.4) is 0 Å². The Bertz CT molecular complexity index is 744. The molecule has 0 fully saturated rings. The smallest absolute Gasteiger partial charge is 0.340 e. The van der Waals surface area contributed by atoms with Crippen LogP contribution in [0.5, 0.6) is 0 Å². The van der Waals surface area contributed by atoms with Crippen molar-refractivity contribution in [2.75, 3.05) is 17.2 Å². The zero-order valence-electron chi connectivity index (χ0n) is 14.0. The van der Waals surface area contributed by atoms with E-state index in [0.717, 1.165) is 12.8 Å². The summed E-state index contributed by atoms with van der Waals surface area (Å²) in [5, 5.41) is 4.94. The van der Waals surface area contributed by atoms with E-state index in [4.69, 9.17) is 4.74 Å². The second-order valence-corrected chi connectivity index (χ2v) is 5.31. The molecule has 0 aliphatic heterocycles. The van der Waals surface area contributed by atoms with Gasteiger partial charge in [0.05, 0.1) is 17.9 Å². The first-order chi connectivity index (χ1) is 12.1. The lowest BCUT2D eigenvalue weighted by Gasteiger charge is -2.11. The normalized spacial score (nSPS) is 9.96. The third kappa shape index (κ3) is 5.46. The number of esters is 1. The summed E-state index contributed by atoms with van der Waals surface area (Å²) in [7, 11) is 0. The van der Waals surface area contributed by atoms with Gasteiger partial charge in [0.2, 0.25) is 0 Å². The lowest BCUT2D eigenvalue weighted by Crippen LogP contribution is -2.29. The lowest BCUT2D eigenvalue weighted by molar-refractivity contribution is -0.133. The summed E-state index contributed by atoms with van der Waals surface area (Å²) in [4.78, 5) is 36.2. The molecule has 0 aromatic heterocycles. The fourth-order valence-electron chi connectivity index (χ4n) is 2.05. The summed E-state index contributed by atoms with van der Waals surface area (Å²) >= 11 is 0. The molecule has 2 aromatic carbocycles. The molecule has 2 rings (SSSR count). The summed E-state index contributed by atoms with van der Waals surface area (Å²) in [5.74, 6) is -2.22. The Morgan fingerprint density at radius 2 is 1.52 bits per heavy atom. The fraction of sp³-hybridized carbons (Fsp3) is 0.211. The number of unbranched alkanes of at least 4 members (excludes halogenated alkanes) is 1. The Morgan fingerprint density at radius 1 is 0.880 bits per heavy atom. The summed E-state index contributed by atoms with van der Waals surface area (Å²) in [6.45, 7) is 2.31. The molecule has 2 N–H and O–H groups in total. The Labute approximate surface area is 146 Å². The first kappa shape index (κ1) is 18.2. The van der Waals surface area contributed by atoms with Crippen LogP contribution >= 0.6 is 0 Å². The van der Waals surface area contributed by atoms with Gasteiger partial charge >= 0.3 is 17.8 Å². The average molecular weight is 340 g/mol. The van der Waals surface area contributed by atoms with Crippen LogP contribution in [0.25, 0.3) is 0 Å². The monoisotopic (exact) mass is 340 g/mol. The zero-order chi connectivity index (χ0) is 18.1. The minimum Gasteiger partial charge on any atom is -0.462 e. The van der Waals surface area contributed by atoms with Gasteiger partial charge in [0.15, 0.2) is 0 Å². The molecular formula is C19H20N2O4. The van der Waals surface area contributed by atoms with E-state index in [0.29, 0.717) is 12.3 Å². The zero-order valence-corrected chi connectivity index (χ0v) is 14.0. The van der Waals surface area contributed by atoms with Gasteiger partial charge in [0.25, 0.3) is 0 Å². The van der Waals surface area contributed by atoms with Crippen molar-refractivity contribution in [3.63, 3.8) is 0 Å². The number of anilines is 2. The van der Waals surface area contributed by atoms with Crippen molar-refractivity contribution in [3.05, 3.63) is 60.2 Å². The molecular weight excluding hydrogens is 320 g/mol. The van der Waals surface area contributed by atoms with Crippen molar-refractivity contribution < 1.29 is 19.1 Å². The van der Waals surface area contributed by atoms with Crippen LogP contribution in [0.1, 0.15) is 30.1 Å². The molecule has 0 unspecified atom stereocenters. The van der Waals surface area contributed by atoms with Gasteiger partial charge in [-0.15, -0.1) is 0 Å². The van der Waals surface area contributed by atoms with Crippen LogP contribution in [0.2, 0.25) is 0 Å². The van der Waals surface area contributed by atoms with Gasteiger partial charge in [-0.3, -0.25) is 9.59 Å². The van der Waals surface area contributed by atoms with Crippen molar-refractivity contribution in [2.24, 2.45) is 0 Å². The number of hydrogen-bond acceptors (Lipinski definition) is 4. The molecule has 6 nitrogen and oxygen atoms in total. The summed E-state index contributed by atoms with van der Waals surface area (Å²) in [6.07, 6.45) is 1.67.